The number of nitrogens with zero attached hydrogens (tertiary/aromatic N) is 1. The maximum Gasteiger partial charge on any atom is 0.227 e. The summed E-state index contributed by atoms with van der Waals surface area (Å²) in [5.41, 5.74) is 6.14. The van der Waals surface area contributed by atoms with Crippen molar-refractivity contribution < 1.29 is 14.3 Å². The highest BCUT2D eigenvalue weighted by atomic mass is 32.2. The van der Waals surface area contributed by atoms with Crippen LogP contribution in [0.1, 0.15) is 25.3 Å². The number of carbonyl (C=O) groups is 2. The minimum Gasteiger partial charge on any atom is -0.493 e. The van der Waals surface area contributed by atoms with Crippen molar-refractivity contribution in [1.29, 1.82) is 0 Å². The molecule has 2 aromatic rings. The van der Waals surface area contributed by atoms with Crippen LogP contribution in [0.4, 0.5) is 0 Å². The second-order valence-corrected chi connectivity index (χ2v) is 7.24. The van der Waals surface area contributed by atoms with E-state index >= 15 is 0 Å². The molecule has 2 aromatic carbocycles. The van der Waals surface area contributed by atoms with Crippen LogP contribution in [0.3, 0.4) is 0 Å². The quantitative estimate of drug-likeness (QED) is 0.648. The molecular weight excluding hydrogens is 348 g/mol. The molecule has 0 spiro atoms. The Balaban J connectivity index is 2.11. The minimum atomic E-state index is -0.357. The molecule has 2 amide bonds. The van der Waals surface area contributed by atoms with E-state index in [9.17, 15) is 9.59 Å². The first-order valence-corrected chi connectivity index (χ1v) is 9.91. The molecule has 0 heterocycles. The second kappa shape index (κ2) is 10.1. The molecule has 140 valence electrons. The van der Waals surface area contributed by atoms with Gasteiger partial charge in [0.25, 0.3) is 0 Å². The van der Waals surface area contributed by atoms with Gasteiger partial charge in [0.15, 0.2) is 0 Å². The van der Waals surface area contributed by atoms with Gasteiger partial charge in [-0.25, -0.2) is 0 Å². The van der Waals surface area contributed by atoms with Crippen molar-refractivity contribution in [2.24, 2.45) is 5.73 Å². The lowest BCUT2D eigenvalue weighted by Gasteiger charge is -2.21. The monoisotopic (exact) mass is 374 g/mol. The first kappa shape index (κ1) is 20.1. The van der Waals surface area contributed by atoms with Gasteiger partial charge in [-0.2, -0.15) is 11.8 Å². The highest BCUT2D eigenvalue weighted by Gasteiger charge is 2.15. The van der Waals surface area contributed by atoms with Crippen molar-refractivity contribution in [3.63, 3.8) is 0 Å². The van der Waals surface area contributed by atoms with Gasteiger partial charge in [-0.1, -0.05) is 37.3 Å². The Morgan fingerprint density at radius 1 is 1.19 bits per heavy atom. The summed E-state index contributed by atoms with van der Waals surface area (Å²) in [7, 11) is 1.80. The molecule has 26 heavy (non-hydrogen) atoms. The maximum absolute atomic E-state index is 12.4. The van der Waals surface area contributed by atoms with Crippen molar-refractivity contribution >= 4 is 34.3 Å². The Labute approximate surface area is 158 Å². The molecule has 0 aliphatic rings. The summed E-state index contributed by atoms with van der Waals surface area (Å²) in [6, 6.07) is 12.1. The first-order valence-electron chi connectivity index (χ1n) is 8.76. The predicted octanol–water partition coefficient (Wildman–Crippen LogP) is 3.20. The molecular formula is C20H26N2O3S. The molecule has 0 saturated heterocycles. The van der Waals surface area contributed by atoms with E-state index in [2.05, 4.69) is 19.1 Å². The number of nitrogens with two attached hydrogens (primary N) is 1. The van der Waals surface area contributed by atoms with Gasteiger partial charge in [-0.15, -0.1) is 0 Å². The van der Waals surface area contributed by atoms with Gasteiger partial charge in [-0.3, -0.25) is 9.59 Å². The average Bonchev–Trinajstić information content (AvgIpc) is 2.64. The van der Waals surface area contributed by atoms with E-state index in [1.54, 1.807) is 11.9 Å². The molecule has 0 aliphatic heterocycles. The number of thioether (sulfide) groups is 1. The van der Waals surface area contributed by atoms with Gasteiger partial charge < -0.3 is 15.4 Å². The van der Waals surface area contributed by atoms with Gasteiger partial charge in [0.1, 0.15) is 5.75 Å². The number of amides is 2. The normalized spacial score (nSPS) is 10.7. The number of primary amides is 1. The summed E-state index contributed by atoms with van der Waals surface area (Å²) >= 11 is 1.38. The summed E-state index contributed by atoms with van der Waals surface area (Å²) in [5.74, 6) is 1.34. The van der Waals surface area contributed by atoms with E-state index in [0.29, 0.717) is 25.3 Å². The fourth-order valence-corrected chi connectivity index (χ4v) is 3.34. The van der Waals surface area contributed by atoms with Gasteiger partial charge >= 0.3 is 0 Å². The van der Waals surface area contributed by atoms with Crippen LogP contribution in [-0.2, 0) is 16.1 Å². The van der Waals surface area contributed by atoms with Crippen molar-refractivity contribution in [1.82, 2.24) is 4.90 Å². The van der Waals surface area contributed by atoms with E-state index < -0.39 is 0 Å². The van der Waals surface area contributed by atoms with Crippen LogP contribution in [0, 0.1) is 0 Å². The summed E-state index contributed by atoms with van der Waals surface area (Å²) < 4.78 is 5.91. The number of hydrogen-bond acceptors (Lipinski definition) is 4. The largest absolute Gasteiger partial charge is 0.493 e. The highest BCUT2D eigenvalue weighted by molar-refractivity contribution is 7.99. The third-order valence-corrected chi connectivity index (χ3v) is 4.97. The molecule has 0 unspecified atom stereocenters. The number of rotatable bonds is 10. The maximum atomic E-state index is 12.4. The van der Waals surface area contributed by atoms with Crippen LogP contribution in [0.2, 0.25) is 0 Å². The SMILES string of the molecule is CCCOc1ccc2ccccc2c1CN(C)C(=O)CCSCC(N)=O. The molecule has 0 atom stereocenters. The first-order chi connectivity index (χ1) is 12.5. The minimum absolute atomic E-state index is 0.0383. The molecule has 0 fully saturated rings. The summed E-state index contributed by atoms with van der Waals surface area (Å²) in [6.45, 7) is 3.20. The number of benzene rings is 2. The molecule has 0 aromatic heterocycles. The van der Waals surface area contributed by atoms with Crippen LogP contribution in [0.15, 0.2) is 36.4 Å². The zero-order valence-corrected chi connectivity index (χ0v) is 16.2. The van der Waals surface area contributed by atoms with E-state index in [1.807, 2.05) is 24.3 Å². The molecule has 0 aliphatic carbocycles. The lowest BCUT2D eigenvalue weighted by molar-refractivity contribution is -0.130. The predicted molar refractivity (Wildman–Crippen MR) is 107 cm³/mol. The fourth-order valence-electron chi connectivity index (χ4n) is 2.67. The lowest BCUT2D eigenvalue weighted by Crippen LogP contribution is -2.27. The Bertz CT molecular complexity index is 764. The number of fused-ring (bicyclic) bond motifs is 1. The van der Waals surface area contributed by atoms with Crippen molar-refractivity contribution in [3.05, 3.63) is 42.0 Å². The third kappa shape index (κ3) is 5.66. The van der Waals surface area contributed by atoms with Crippen LogP contribution < -0.4 is 10.5 Å². The summed E-state index contributed by atoms with van der Waals surface area (Å²) in [6.07, 6.45) is 1.31. The zero-order valence-electron chi connectivity index (χ0n) is 15.4. The van der Waals surface area contributed by atoms with Crippen LogP contribution in [-0.4, -0.2) is 41.9 Å². The van der Waals surface area contributed by atoms with E-state index in [0.717, 1.165) is 28.5 Å². The van der Waals surface area contributed by atoms with E-state index in [4.69, 9.17) is 10.5 Å². The van der Waals surface area contributed by atoms with Gasteiger partial charge in [-0.05, 0) is 23.3 Å². The molecule has 6 heteroatoms. The Morgan fingerprint density at radius 2 is 1.96 bits per heavy atom. The average molecular weight is 375 g/mol. The topological polar surface area (TPSA) is 72.6 Å². The standard InChI is InChI=1S/C20H26N2O3S/c1-3-11-25-18-9-8-15-6-4-5-7-16(15)17(18)13-22(2)20(24)10-12-26-14-19(21)23/h4-9H,3,10-14H2,1-2H3,(H2,21,23). The molecule has 2 rings (SSSR count). The van der Waals surface area contributed by atoms with Crippen molar-refractivity contribution in [2.75, 3.05) is 25.2 Å². The fraction of sp³-hybridized carbons (Fsp3) is 0.400. The Kier molecular flexibility index (Phi) is 7.78. The smallest absolute Gasteiger partial charge is 0.227 e. The van der Waals surface area contributed by atoms with E-state index in [1.165, 1.54) is 11.8 Å². The molecule has 5 nitrogen and oxygen atoms in total. The second-order valence-electron chi connectivity index (χ2n) is 6.13. The van der Waals surface area contributed by atoms with Crippen LogP contribution in [0.25, 0.3) is 10.8 Å². The summed E-state index contributed by atoms with van der Waals surface area (Å²) in [5, 5.41) is 2.23. The molecule has 0 saturated carbocycles. The van der Waals surface area contributed by atoms with Crippen LogP contribution >= 0.6 is 11.8 Å². The van der Waals surface area contributed by atoms with Gasteiger partial charge in [0.2, 0.25) is 11.8 Å². The molecule has 0 bridgehead atoms. The van der Waals surface area contributed by atoms with E-state index in [-0.39, 0.29) is 17.6 Å². The van der Waals surface area contributed by atoms with Crippen LogP contribution in [0.5, 0.6) is 5.75 Å². The molecule has 0 radical (unpaired) electrons. The number of hydrogen-bond donors (Lipinski definition) is 1. The Morgan fingerprint density at radius 3 is 2.69 bits per heavy atom. The number of carbonyl (C=O) groups excluding carboxylic acids is 2. The Hall–Kier alpha value is -2.21. The summed E-state index contributed by atoms with van der Waals surface area (Å²) in [4.78, 5) is 24.9. The zero-order chi connectivity index (χ0) is 18.9. The third-order valence-electron chi connectivity index (χ3n) is 3.98. The van der Waals surface area contributed by atoms with Crippen molar-refractivity contribution in [3.8, 4) is 5.75 Å². The van der Waals surface area contributed by atoms with Gasteiger partial charge in [0.05, 0.1) is 12.4 Å². The highest BCUT2D eigenvalue weighted by Crippen LogP contribution is 2.29. The van der Waals surface area contributed by atoms with Crippen molar-refractivity contribution in [2.45, 2.75) is 26.3 Å². The number of ether oxygens (including phenoxy) is 1. The van der Waals surface area contributed by atoms with Gasteiger partial charge in [0, 0.05) is 31.3 Å². The lowest BCUT2D eigenvalue weighted by atomic mass is 10.0. The molecule has 2 N–H and O–H groups in total.